The van der Waals surface area contributed by atoms with Crippen molar-refractivity contribution in [2.45, 2.75) is 18.8 Å². The molecule has 1 heterocycles. The lowest BCUT2D eigenvalue weighted by atomic mass is 10.2. The van der Waals surface area contributed by atoms with E-state index in [1.54, 1.807) is 7.11 Å². The Morgan fingerprint density at radius 2 is 1.96 bits per heavy atom. The highest BCUT2D eigenvalue weighted by atomic mass is 16.5. The van der Waals surface area contributed by atoms with Gasteiger partial charge in [-0.3, -0.25) is 4.90 Å². The largest absolute Gasteiger partial charge is 0.497 e. The van der Waals surface area contributed by atoms with Crippen molar-refractivity contribution in [2.24, 2.45) is 0 Å². The van der Waals surface area contributed by atoms with Crippen LogP contribution in [0.4, 0.5) is 0 Å². The van der Waals surface area contributed by atoms with Crippen LogP contribution in [-0.2, 0) is 16.1 Å². The number of aliphatic hydroxyl groups is 1. The van der Waals surface area contributed by atoms with Crippen molar-refractivity contribution in [1.29, 1.82) is 0 Å². The van der Waals surface area contributed by atoms with E-state index in [1.165, 1.54) is 0 Å². The summed E-state index contributed by atoms with van der Waals surface area (Å²) in [6, 6.07) is 17.5. The molecule has 2 atom stereocenters. The van der Waals surface area contributed by atoms with Crippen LogP contribution in [0.15, 0.2) is 54.6 Å². The van der Waals surface area contributed by atoms with Crippen molar-refractivity contribution in [1.82, 2.24) is 4.90 Å². The summed E-state index contributed by atoms with van der Waals surface area (Å²) in [6.45, 7) is 4.00. The quantitative estimate of drug-likeness (QED) is 0.675. The van der Waals surface area contributed by atoms with Crippen LogP contribution in [0.5, 0.6) is 11.5 Å². The van der Waals surface area contributed by atoms with E-state index in [0.717, 1.165) is 30.2 Å². The van der Waals surface area contributed by atoms with Gasteiger partial charge in [0.15, 0.2) is 0 Å². The van der Waals surface area contributed by atoms with Crippen molar-refractivity contribution in [2.75, 3.05) is 46.6 Å². The molecule has 1 saturated heterocycles. The van der Waals surface area contributed by atoms with Gasteiger partial charge in [-0.05, 0) is 17.7 Å². The average Bonchev–Trinajstić information content (AvgIpc) is 2.73. The number of aliphatic hydroxyl groups excluding tert-OH is 1. The number of rotatable bonds is 10. The van der Waals surface area contributed by atoms with E-state index in [2.05, 4.69) is 4.90 Å². The molecule has 1 aliphatic heterocycles. The van der Waals surface area contributed by atoms with Gasteiger partial charge in [0.1, 0.15) is 24.2 Å². The van der Waals surface area contributed by atoms with Crippen LogP contribution in [0.25, 0.3) is 0 Å². The first kappa shape index (κ1) is 20.6. The summed E-state index contributed by atoms with van der Waals surface area (Å²) in [7, 11) is 1.64. The fraction of sp³-hybridized carbons (Fsp3) is 0.455. The topological polar surface area (TPSA) is 60.4 Å². The second-order valence-electron chi connectivity index (χ2n) is 6.90. The van der Waals surface area contributed by atoms with Crippen LogP contribution in [0.3, 0.4) is 0 Å². The van der Waals surface area contributed by atoms with Crippen LogP contribution in [0.1, 0.15) is 5.56 Å². The molecular weight excluding hydrogens is 358 g/mol. The van der Waals surface area contributed by atoms with Crippen molar-refractivity contribution >= 4 is 0 Å². The minimum atomic E-state index is -0.526. The van der Waals surface area contributed by atoms with Gasteiger partial charge < -0.3 is 24.1 Å². The van der Waals surface area contributed by atoms with Crippen molar-refractivity contribution in [3.63, 3.8) is 0 Å². The predicted octanol–water partition coefficient (Wildman–Crippen LogP) is 2.35. The van der Waals surface area contributed by atoms with E-state index in [9.17, 15) is 5.11 Å². The van der Waals surface area contributed by atoms with Crippen LogP contribution in [-0.4, -0.2) is 68.8 Å². The lowest BCUT2D eigenvalue weighted by molar-refractivity contribution is -0.0654. The summed E-state index contributed by atoms with van der Waals surface area (Å²) in [5.41, 5.74) is 1.11. The van der Waals surface area contributed by atoms with Gasteiger partial charge in [-0.1, -0.05) is 36.4 Å². The number of hydrogen-bond donors (Lipinski definition) is 1. The highest BCUT2D eigenvalue weighted by Crippen LogP contribution is 2.19. The van der Waals surface area contributed by atoms with Crippen LogP contribution in [0.2, 0.25) is 0 Å². The molecule has 0 aliphatic carbocycles. The van der Waals surface area contributed by atoms with Gasteiger partial charge in [-0.2, -0.15) is 0 Å². The molecule has 6 nitrogen and oxygen atoms in total. The first-order valence-electron chi connectivity index (χ1n) is 9.63. The average molecular weight is 387 g/mol. The van der Waals surface area contributed by atoms with Crippen molar-refractivity contribution in [3.05, 3.63) is 60.2 Å². The maximum Gasteiger partial charge on any atom is 0.123 e. The molecule has 152 valence electrons. The van der Waals surface area contributed by atoms with Crippen molar-refractivity contribution in [3.8, 4) is 11.5 Å². The van der Waals surface area contributed by atoms with Gasteiger partial charge in [-0.15, -0.1) is 0 Å². The van der Waals surface area contributed by atoms with E-state index in [-0.39, 0.29) is 6.10 Å². The normalized spacial score (nSPS) is 18.6. The molecule has 0 saturated carbocycles. The third-order valence-electron chi connectivity index (χ3n) is 4.59. The maximum absolute atomic E-state index is 10.3. The highest BCUT2D eigenvalue weighted by Gasteiger charge is 2.23. The number of nitrogens with zero attached hydrogens (tertiary/aromatic N) is 1. The standard InChI is InChI=1S/C22H29NO5/c1-25-20-8-5-9-21(12-20)28-17-22-14-23(10-11-27-22)13-19(24)16-26-15-18-6-3-2-4-7-18/h2-9,12,19,22,24H,10-11,13-17H2,1H3/t19-,22-/m1/s1. The number of methoxy groups -OCH3 is 1. The first-order chi connectivity index (χ1) is 13.7. The Hall–Kier alpha value is -2.12. The Labute approximate surface area is 166 Å². The van der Waals surface area contributed by atoms with Crippen LogP contribution < -0.4 is 9.47 Å². The molecule has 6 heteroatoms. The monoisotopic (exact) mass is 387 g/mol. The summed E-state index contributed by atoms with van der Waals surface area (Å²) < 4.78 is 22.5. The molecule has 0 amide bonds. The summed E-state index contributed by atoms with van der Waals surface area (Å²) in [4.78, 5) is 2.19. The molecule has 2 aromatic carbocycles. The Morgan fingerprint density at radius 1 is 1.14 bits per heavy atom. The zero-order valence-electron chi connectivity index (χ0n) is 16.3. The molecule has 0 aromatic heterocycles. The third kappa shape index (κ3) is 6.80. The van der Waals surface area contributed by atoms with Crippen LogP contribution >= 0.6 is 0 Å². The van der Waals surface area contributed by atoms with Crippen molar-refractivity contribution < 1.29 is 24.1 Å². The summed E-state index contributed by atoms with van der Waals surface area (Å²) in [5, 5.41) is 10.3. The fourth-order valence-corrected chi connectivity index (χ4v) is 3.17. The highest BCUT2D eigenvalue weighted by molar-refractivity contribution is 5.32. The van der Waals surface area contributed by atoms with E-state index < -0.39 is 6.10 Å². The number of morpholine rings is 1. The molecule has 0 unspecified atom stereocenters. The van der Waals surface area contributed by atoms with Gasteiger partial charge in [-0.25, -0.2) is 0 Å². The summed E-state index contributed by atoms with van der Waals surface area (Å²) in [6.07, 6.45) is -0.556. The predicted molar refractivity (Wildman–Crippen MR) is 107 cm³/mol. The number of hydrogen-bond acceptors (Lipinski definition) is 6. The van der Waals surface area contributed by atoms with Gasteiger partial charge in [0.2, 0.25) is 0 Å². The minimum Gasteiger partial charge on any atom is -0.497 e. The molecule has 0 radical (unpaired) electrons. The molecule has 3 rings (SSSR count). The van der Waals surface area contributed by atoms with Gasteiger partial charge in [0.05, 0.1) is 33.0 Å². The van der Waals surface area contributed by atoms with Crippen LogP contribution in [0, 0.1) is 0 Å². The molecule has 2 aromatic rings. The van der Waals surface area contributed by atoms with Gasteiger partial charge in [0.25, 0.3) is 0 Å². The Morgan fingerprint density at radius 3 is 2.79 bits per heavy atom. The first-order valence-corrected chi connectivity index (χ1v) is 9.63. The molecule has 1 N–H and O–H groups in total. The minimum absolute atomic E-state index is 0.0302. The Kier molecular flexibility index (Phi) is 8.11. The second-order valence-corrected chi connectivity index (χ2v) is 6.90. The van der Waals surface area contributed by atoms with Gasteiger partial charge >= 0.3 is 0 Å². The lowest BCUT2D eigenvalue weighted by Crippen LogP contribution is -2.48. The van der Waals surface area contributed by atoms with E-state index in [4.69, 9.17) is 18.9 Å². The fourth-order valence-electron chi connectivity index (χ4n) is 3.17. The smallest absolute Gasteiger partial charge is 0.123 e. The third-order valence-corrected chi connectivity index (χ3v) is 4.59. The molecule has 28 heavy (non-hydrogen) atoms. The Balaban J connectivity index is 1.36. The number of ether oxygens (including phenoxy) is 4. The molecular formula is C22H29NO5. The van der Waals surface area contributed by atoms with E-state index >= 15 is 0 Å². The van der Waals surface area contributed by atoms with E-state index in [1.807, 2.05) is 54.6 Å². The van der Waals surface area contributed by atoms with E-state index in [0.29, 0.717) is 33.0 Å². The molecule has 1 aliphatic rings. The number of benzene rings is 2. The molecule has 0 bridgehead atoms. The molecule has 1 fully saturated rings. The summed E-state index contributed by atoms with van der Waals surface area (Å²) in [5.74, 6) is 1.52. The maximum atomic E-state index is 10.3. The zero-order valence-corrected chi connectivity index (χ0v) is 16.3. The zero-order chi connectivity index (χ0) is 19.6. The van der Waals surface area contributed by atoms with Gasteiger partial charge in [0, 0.05) is 25.7 Å². The lowest BCUT2D eigenvalue weighted by Gasteiger charge is -2.33. The number of β-amino-alcohol motifs (C(OH)–C–C–N with tert-alkyl or cyclic N) is 1. The Bertz CT molecular complexity index is 696. The second kappa shape index (κ2) is 11.0. The molecule has 0 spiro atoms. The summed E-state index contributed by atoms with van der Waals surface area (Å²) >= 11 is 0. The SMILES string of the molecule is COc1cccc(OC[C@H]2CN(C[C@@H](O)COCc3ccccc3)CCO2)c1.